The first-order valence-electron chi connectivity index (χ1n) is 56.0. The second-order valence-electron chi connectivity index (χ2n) is 52.4. The molecule has 0 aromatic carbocycles. The van der Waals surface area contributed by atoms with Gasteiger partial charge in [-0.2, -0.15) is 0 Å². The van der Waals surface area contributed by atoms with Crippen LogP contribution in [-0.2, 0) is 62.0 Å². The van der Waals surface area contributed by atoms with Crippen molar-refractivity contribution in [3.8, 4) is 0 Å². The lowest BCUT2D eigenvalue weighted by Gasteiger charge is -2.42. The number of carboxylic acid groups (broad SMARTS) is 4. The van der Waals surface area contributed by atoms with Crippen LogP contribution in [0.4, 0.5) is 24.0 Å². The van der Waals surface area contributed by atoms with Crippen molar-refractivity contribution in [2.45, 2.75) is 491 Å². The van der Waals surface area contributed by atoms with Gasteiger partial charge < -0.3 is 90.0 Å². The van der Waals surface area contributed by atoms with Crippen molar-refractivity contribution in [2.75, 3.05) is 59.0 Å². The van der Waals surface area contributed by atoms with E-state index in [1.54, 1.807) is 56.2 Å². The average molecular weight is 2090 g/mol. The Bertz CT molecular complexity index is 3970. The van der Waals surface area contributed by atoms with E-state index < -0.39 is 107 Å². The number of ether oxygens (including phenoxy) is 6. The van der Waals surface area contributed by atoms with Gasteiger partial charge >= 0.3 is 54.5 Å². The highest BCUT2D eigenvalue weighted by molar-refractivity contribution is 5.91. The summed E-state index contributed by atoms with van der Waals surface area (Å²) in [4.78, 5) is 153. The number of piperidine rings is 3. The van der Waals surface area contributed by atoms with Crippen LogP contribution in [0.2, 0.25) is 0 Å². The van der Waals surface area contributed by atoms with Crippen LogP contribution in [-0.4, -0.2) is 263 Å². The summed E-state index contributed by atoms with van der Waals surface area (Å²) in [6, 6.07) is -3.45. The number of fused-ring (bicyclic) bond motifs is 3. The molecule has 854 valence electrons. The number of carboxylic acids is 4. The third kappa shape index (κ3) is 44.8. The van der Waals surface area contributed by atoms with Crippen LogP contribution in [0.5, 0.6) is 0 Å². The number of hydrogen-bond acceptors (Lipinski definition) is 23. The second kappa shape index (κ2) is 60.5. The first kappa shape index (κ1) is 134. The van der Waals surface area contributed by atoms with E-state index >= 15 is 0 Å². The summed E-state index contributed by atoms with van der Waals surface area (Å²) in [5.41, 5.74) is 2.84. The van der Waals surface area contributed by atoms with Gasteiger partial charge in [-0.1, -0.05) is 215 Å². The Morgan fingerprint density at radius 3 is 1.01 bits per heavy atom. The van der Waals surface area contributed by atoms with Crippen molar-refractivity contribution in [2.24, 2.45) is 117 Å². The maximum Gasteiger partial charge on any atom is 0.519 e. The van der Waals surface area contributed by atoms with E-state index in [0.29, 0.717) is 105 Å². The second-order valence-corrected chi connectivity index (χ2v) is 52.4. The van der Waals surface area contributed by atoms with Crippen LogP contribution < -0.4 is 16.4 Å². The van der Waals surface area contributed by atoms with E-state index in [-0.39, 0.29) is 90.4 Å². The highest BCUT2D eigenvalue weighted by Crippen LogP contribution is 2.66. The number of aliphatic hydroxyl groups excluding tert-OH is 2. The Balaban J connectivity index is 0.000000452. The van der Waals surface area contributed by atoms with E-state index in [4.69, 9.17) is 39.6 Å². The Morgan fingerprint density at radius 2 is 0.721 bits per heavy atom. The Labute approximate surface area is 886 Å². The summed E-state index contributed by atoms with van der Waals surface area (Å²) >= 11 is 0. The number of likely N-dealkylation sites (tertiary alicyclic amines) is 2. The van der Waals surface area contributed by atoms with Gasteiger partial charge in [-0.3, -0.25) is 33.9 Å². The molecule has 3 saturated heterocycles. The molecule has 8 aliphatic carbocycles. The van der Waals surface area contributed by atoms with Gasteiger partial charge in [0.2, 0.25) is 11.8 Å². The number of hydrogen-bond donors (Lipinski definition) is 9. The molecule has 3 heterocycles. The summed E-state index contributed by atoms with van der Waals surface area (Å²) in [6.45, 7) is 65.6. The van der Waals surface area contributed by atoms with Crippen LogP contribution in [0.1, 0.15) is 415 Å². The maximum absolute atomic E-state index is 14.1. The number of nitrogens with two attached hydrogens (primary N) is 1. The number of nitrogens with zero attached hydrogens (tertiary/aromatic N) is 5. The smallest absolute Gasteiger partial charge is 0.480 e. The monoisotopic (exact) mass is 2090 g/mol. The first-order valence-corrected chi connectivity index (χ1v) is 56.0. The number of amides is 5. The van der Waals surface area contributed by atoms with Gasteiger partial charge in [-0.05, 0) is 312 Å². The van der Waals surface area contributed by atoms with Gasteiger partial charge in [0.25, 0.3) is 0 Å². The number of aliphatic hydroxyl groups is 2. The molecule has 11 fully saturated rings. The molecule has 14 atom stereocenters. The van der Waals surface area contributed by atoms with Crippen LogP contribution in [0.15, 0.2) is 0 Å². The zero-order chi connectivity index (χ0) is 111. The summed E-state index contributed by atoms with van der Waals surface area (Å²) in [7, 11) is 0. The Morgan fingerprint density at radius 1 is 0.401 bits per heavy atom. The summed E-state index contributed by atoms with van der Waals surface area (Å²) in [5, 5.41) is 63.3. The van der Waals surface area contributed by atoms with Gasteiger partial charge in [0.1, 0.15) is 70.5 Å². The molecule has 0 bridgehead atoms. The number of aliphatic carboxylic acids is 4. The number of aldehydes is 1. The minimum absolute atomic E-state index is 0. The fourth-order valence-electron chi connectivity index (χ4n) is 22.9. The summed E-state index contributed by atoms with van der Waals surface area (Å²) in [6.07, 6.45) is 28.2. The molecule has 3 aliphatic heterocycles. The van der Waals surface area contributed by atoms with Crippen molar-refractivity contribution in [1.29, 1.82) is 0 Å². The molecule has 10 N–H and O–H groups in total. The van der Waals surface area contributed by atoms with Gasteiger partial charge in [0.05, 0.1) is 19.3 Å². The van der Waals surface area contributed by atoms with Crippen molar-refractivity contribution in [3.63, 3.8) is 0 Å². The molecular formula is C115H210N8O24. The molecule has 32 nitrogen and oxygen atoms in total. The molecule has 0 radical (unpaired) electrons. The predicted molar refractivity (Wildman–Crippen MR) is 576 cm³/mol. The lowest BCUT2D eigenvalue weighted by Crippen LogP contribution is -2.58. The average Bonchev–Trinajstić information content (AvgIpc) is 1.52. The van der Waals surface area contributed by atoms with E-state index in [2.05, 4.69) is 112 Å². The molecule has 0 spiro atoms. The van der Waals surface area contributed by atoms with Crippen molar-refractivity contribution in [3.05, 3.63) is 0 Å². The van der Waals surface area contributed by atoms with Crippen molar-refractivity contribution < 1.29 is 117 Å². The molecule has 0 aromatic heterocycles. The van der Waals surface area contributed by atoms with Crippen LogP contribution in [0, 0.1) is 111 Å². The summed E-state index contributed by atoms with van der Waals surface area (Å²) in [5.74, 6) is 2.17. The fraction of sp³-hybridized carbons (Fsp3) is 0.896. The largest absolute Gasteiger partial charge is 0.519 e. The molecule has 32 heteroatoms. The van der Waals surface area contributed by atoms with Gasteiger partial charge in [-0.25, -0.2) is 33.6 Å². The predicted octanol–water partition coefficient (Wildman–Crippen LogP) is 22.4. The van der Waals surface area contributed by atoms with Crippen molar-refractivity contribution >= 4 is 72.6 Å². The molecule has 11 rings (SSSR count). The van der Waals surface area contributed by atoms with Crippen LogP contribution >= 0.6 is 0 Å². The maximum atomic E-state index is 14.1. The zero-order valence-corrected chi connectivity index (χ0v) is 96.4. The van der Waals surface area contributed by atoms with E-state index in [0.717, 1.165) is 185 Å². The molecule has 0 unspecified atom stereocenters. The highest BCUT2D eigenvalue weighted by atomic mass is 16.8. The Hall–Kier alpha value is -7.16. The number of carbonyl (C=O) groups excluding carboxylic acids is 8. The SMILES string of the molecule is C.CC(C)(C)OC(=O)OC(=O)OC(C)(C)C.CC(C)CC=O.CC(C)CCN(C(=O)OC(C)(C)C)[C@H](C(=O)N1C[C@H]2[C@@H]([C@H]1C(=O)O)C2(C)C)C1CCCCC1.CC(C)CCN(C(=O)OC(C)(C)C)[C@H](C(=O)N1C[C@H]2[C@@H]([C@H]1CO)C2(C)C)C1CCCCC1.CC(C)CCN(C(=O)OC(C)(C)C)[C@H](C(=O)O)C1CCCCC1.CC(C)CCN[C@H](C(=O)O)C1CCCCC1.CC1(C)[C@@H]2[C@@H](CO)NC[C@@H]21.N[C@H](C(=O)O)C1CCCCC1. The van der Waals surface area contributed by atoms with Crippen molar-refractivity contribution in [1.82, 2.24) is 35.1 Å². The molecule has 0 aromatic rings. The quantitative estimate of drug-likeness (QED) is 0.0135. The lowest BCUT2D eigenvalue weighted by molar-refractivity contribution is -0.153. The normalized spacial score (nSPS) is 24.0. The molecule has 5 amide bonds. The number of carbonyl (C=O) groups is 12. The van der Waals surface area contributed by atoms with Gasteiger partial charge in [-0.15, -0.1) is 0 Å². The van der Waals surface area contributed by atoms with Crippen LogP contribution in [0.25, 0.3) is 0 Å². The molecule has 147 heavy (non-hydrogen) atoms. The van der Waals surface area contributed by atoms with Gasteiger partial charge in [0.15, 0.2) is 0 Å². The standard InChI is InChI=1S/C26H44N2O5.C26H46N2O4.C18H33NO4.C13H25NO2.C10H18O5.C8H15NO2.C8H15NO.C5H10O.CH4/c1-16(2)13-14-27(24(32)33-25(3,4)5)20(17-11-9-8-10-12-17)22(29)28-15-18-19(26(18,6)7)21(28)23(30)31;1-17(2)13-14-27(24(31)32-25(3,4)5)22(18-11-9-8-10-12-18)23(30)28-15-19-21(20(28)16-29)26(19,6)7;1-13(2)11-12-19(17(22)23-18(3,4)5)15(16(20)21)14-9-7-6-8-10-14;1-10(2)8-9-14-12(13(15)16)11-6-4-3-5-7-11;1-9(2,3)14-7(11)13-8(12)15-10(4,5)6;9-7(8(10)11)6-4-2-1-3-5-6;1-8(2)5-3-9-6(4-10)7(5)8;1-5(2)3-4-6;/h16-21H,8-15H2,1-7H3,(H,30,31);17-22,29H,8-16H2,1-7H3;13-15H,6-12H2,1-5H3,(H,20,21);10-12,14H,3-9H2,1-2H3,(H,15,16);1-6H3;6-7H,1-5,9H2,(H,10,11);5-7,9-10H,3-4H2,1-2H3;4-5H,3H2,1-2H3;1H4/t18-,19-,20-,21-;19-,20+,21-,22-;15-;12-;;7-;5-,6+,7-;;/m0000.00../s1. The minimum Gasteiger partial charge on any atom is -0.480 e. The summed E-state index contributed by atoms with van der Waals surface area (Å²) < 4.78 is 30.8. The minimum atomic E-state index is -1.06. The fourth-order valence-corrected chi connectivity index (χ4v) is 22.9. The first-order chi connectivity index (χ1) is 67.5. The lowest BCUT2D eigenvalue weighted by atomic mass is 9.82. The van der Waals surface area contributed by atoms with Gasteiger partial charge in [0, 0.05) is 51.1 Å². The molecule has 11 aliphatic rings. The topological polar surface area (TPSA) is 448 Å². The highest BCUT2D eigenvalue weighted by Gasteiger charge is 2.71. The number of rotatable bonds is 31. The Kier molecular flexibility index (Phi) is 55.1. The molecular weight excluding hydrogens is 1880 g/mol. The van der Waals surface area contributed by atoms with Crippen LogP contribution in [0.3, 0.4) is 0 Å². The zero-order valence-electron chi connectivity index (χ0n) is 96.4. The third-order valence-electron chi connectivity index (χ3n) is 31.1. The van der Waals surface area contributed by atoms with E-state index in [1.165, 1.54) is 37.0 Å². The van der Waals surface area contributed by atoms with E-state index in [1.807, 2.05) is 81.1 Å². The van der Waals surface area contributed by atoms with E-state index in [9.17, 15) is 78.0 Å². The number of nitrogens with one attached hydrogen (secondary N) is 2. The molecule has 8 saturated carbocycles. The third-order valence-corrected chi connectivity index (χ3v) is 31.1.